The zero-order valence-corrected chi connectivity index (χ0v) is 18.2. The van der Waals surface area contributed by atoms with Crippen LogP contribution in [-0.4, -0.2) is 65.2 Å². The Morgan fingerprint density at radius 2 is 2.06 bits per heavy atom. The number of piperazine rings is 1. The molecule has 1 N–H and O–H groups in total. The molecule has 1 saturated heterocycles. The van der Waals surface area contributed by atoms with Gasteiger partial charge in [-0.1, -0.05) is 18.2 Å². The van der Waals surface area contributed by atoms with Gasteiger partial charge in [-0.05, 0) is 31.2 Å². The molecule has 3 aromatic rings. The lowest BCUT2D eigenvalue weighted by molar-refractivity contribution is 0.0509. The number of benzene rings is 2. The van der Waals surface area contributed by atoms with Gasteiger partial charge in [-0.15, -0.1) is 11.3 Å². The van der Waals surface area contributed by atoms with E-state index in [1.165, 1.54) is 11.3 Å². The third-order valence-electron chi connectivity index (χ3n) is 5.54. The Kier molecular flexibility index (Phi) is 5.98. The fourth-order valence-corrected chi connectivity index (χ4v) is 4.79. The third kappa shape index (κ3) is 4.15. The van der Waals surface area contributed by atoms with Crippen molar-refractivity contribution < 1.29 is 9.53 Å². The van der Waals surface area contributed by atoms with Crippen LogP contribution in [0.25, 0.3) is 10.2 Å². The molecular formula is C23H23N5O2S. The second-order valence-corrected chi connectivity index (χ2v) is 8.53. The summed E-state index contributed by atoms with van der Waals surface area (Å²) in [5.41, 5.74) is 1.61. The quantitative estimate of drug-likeness (QED) is 0.623. The monoisotopic (exact) mass is 433 g/mol. The number of nitriles is 1. The Balaban J connectivity index is 1.50. The van der Waals surface area contributed by atoms with Crippen LogP contribution in [-0.2, 0) is 0 Å². The number of hydrogen-bond donors (Lipinski definition) is 1. The normalized spacial score (nSPS) is 17.8. The molecule has 0 aliphatic carbocycles. The summed E-state index contributed by atoms with van der Waals surface area (Å²) in [7, 11) is 1.60. The molecule has 158 valence electrons. The van der Waals surface area contributed by atoms with Gasteiger partial charge in [-0.25, -0.2) is 4.98 Å². The van der Waals surface area contributed by atoms with E-state index in [1.54, 1.807) is 7.11 Å². The predicted molar refractivity (Wildman–Crippen MR) is 121 cm³/mol. The number of ether oxygens (including phenoxy) is 1. The summed E-state index contributed by atoms with van der Waals surface area (Å²) in [6.07, 6.45) is 0. The zero-order valence-electron chi connectivity index (χ0n) is 17.4. The molecule has 0 bridgehead atoms. The van der Waals surface area contributed by atoms with E-state index in [2.05, 4.69) is 11.1 Å². The molecule has 8 heteroatoms. The largest absolute Gasteiger partial charge is 0.497 e. The maximum atomic E-state index is 12.8. The fourth-order valence-electron chi connectivity index (χ4n) is 3.87. The van der Waals surface area contributed by atoms with Gasteiger partial charge in [0, 0.05) is 37.3 Å². The molecule has 1 aliphatic rings. The van der Waals surface area contributed by atoms with E-state index in [-0.39, 0.29) is 17.7 Å². The highest BCUT2D eigenvalue weighted by Gasteiger charge is 2.34. The molecule has 0 saturated carbocycles. The van der Waals surface area contributed by atoms with Gasteiger partial charge in [0.05, 0.1) is 29.1 Å². The number of methoxy groups -OCH3 is 1. The maximum Gasteiger partial charge on any atom is 0.253 e. The molecule has 7 nitrogen and oxygen atoms in total. The third-order valence-corrected chi connectivity index (χ3v) is 6.61. The van der Waals surface area contributed by atoms with Crippen LogP contribution in [0.4, 0.5) is 0 Å². The first-order valence-corrected chi connectivity index (χ1v) is 10.9. The average molecular weight is 434 g/mol. The Bertz CT molecular complexity index is 1150. The van der Waals surface area contributed by atoms with Crippen molar-refractivity contribution in [1.29, 1.82) is 10.7 Å². The zero-order chi connectivity index (χ0) is 22.0. The number of aromatic nitrogens is 1. The van der Waals surface area contributed by atoms with Crippen molar-refractivity contribution in [1.82, 2.24) is 14.8 Å². The number of fused-ring (bicyclic) bond motifs is 1. The van der Waals surface area contributed by atoms with E-state index in [0.717, 1.165) is 10.2 Å². The number of thiazole rings is 1. The molecule has 1 unspecified atom stereocenters. The standard InChI is InChI=1S/C23H23N5O2S/c1-15-14-27(23(29)16-6-4-3-5-7-16)10-11-28(15)19(13-24)21(25)22-26-18-12-17(30-2)8-9-20(18)31-22/h3-9,12,15,19,25H,10-11,14H2,1-2H3/t15?,19-/m0/s1. The summed E-state index contributed by atoms with van der Waals surface area (Å²) < 4.78 is 6.20. The lowest BCUT2D eigenvalue weighted by Gasteiger charge is -2.41. The van der Waals surface area contributed by atoms with Gasteiger partial charge in [0.2, 0.25) is 0 Å². The molecule has 2 heterocycles. The molecule has 0 spiro atoms. The first-order chi connectivity index (χ1) is 15.0. The molecule has 31 heavy (non-hydrogen) atoms. The molecule has 1 amide bonds. The topological polar surface area (TPSA) is 93.3 Å². The minimum atomic E-state index is -0.716. The van der Waals surface area contributed by atoms with Crippen LogP contribution in [0.1, 0.15) is 22.3 Å². The van der Waals surface area contributed by atoms with Crippen LogP contribution < -0.4 is 4.74 Å². The van der Waals surface area contributed by atoms with E-state index in [4.69, 9.17) is 10.1 Å². The highest BCUT2D eigenvalue weighted by atomic mass is 32.1. The van der Waals surface area contributed by atoms with Crippen molar-refractivity contribution in [2.24, 2.45) is 0 Å². The minimum Gasteiger partial charge on any atom is -0.497 e. The first-order valence-electron chi connectivity index (χ1n) is 10.0. The predicted octanol–water partition coefficient (Wildman–Crippen LogP) is 3.41. The van der Waals surface area contributed by atoms with Crippen molar-refractivity contribution >= 4 is 33.2 Å². The van der Waals surface area contributed by atoms with Crippen LogP contribution >= 0.6 is 11.3 Å². The Morgan fingerprint density at radius 1 is 1.29 bits per heavy atom. The van der Waals surface area contributed by atoms with Crippen molar-refractivity contribution in [2.45, 2.75) is 19.0 Å². The number of carbonyl (C=O) groups excluding carboxylic acids is 1. The van der Waals surface area contributed by atoms with E-state index in [9.17, 15) is 10.1 Å². The summed E-state index contributed by atoms with van der Waals surface area (Å²) in [6.45, 7) is 3.54. The Hall–Kier alpha value is -3.28. The number of carbonyl (C=O) groups is 1. The highest BCUT2D eigenvalue weighted by molar-refractivity contribution is 7.20. The summed E-state index contributed by atoms with van der Waals surface area (Å²) in [5, 5.41) is 19.1. The van der Waals surface area contributed by atoms with Crippen LogP contribution in [0.3, 0.4) is 0 Å². The van der Waals surface area contributed by atoms with Gasteiger partial charge in [-0.3, -0.25) is 15.1 Å². The van der Waals surface area contributed by atoms with Crippen LogP contribution in [0.2, 0.25) is 0 Å². The van der Waals surface area contributed by atoms with Crippen LogP contribution in [0.5, 0.6) is 5.75 Å². The summed E-state index contributed by atoms with van der Waals surface area (Å²) in [5.74, 6) is 0.705. The number of nitrogens with one attached hydrogen (secondary N) is 1. The SMILES string of the molecule is COc1ccc2sc(C(=N)[C@H](C#N)N3CCN(C(=O)c4ccccc4)CC3C)nc2c1. The molecule has 4 rings (SSSR count). The van der Waals surface area contributed by atoms with Crippen molar-refractivity contribution in [3.63, 3.8) is 0 Å². The fraction of sp³-hybridized carbons (Fsp3) is 0.304. The number of rotatable bonds is 5. The average Bonchev–Trinajstić information content (AvgIpc) is 3.23. The van der Waals surface area contributed by atoms with Gasteiger partial charge in [0.25, 0.3) is 5.91 Å². The smallest absolute Gasteiger partial charge is 0.253 e. The van der Waals surface area contributed by atoms with Crippen LogP contribution in [0.15, 0.2) is 48.5 Å². The van der Waals surface area contributed by atoms with Crippen molar-refractivity contribution in [3.8, 4) is 11.8 Å². The Labute approximate surface area is 185 Å². The van der Waals surface area contributed by atoms with Gasteiger partial charge in [-0.2, -0.15) is 5.26 Å². The summed E-state index contributed by atoms with van der Waals surface area (Å²) in [6, 6.07) is 16.4. The molecule has 1 aliphatic heterocycles. The highest BCUT2D eigenvalue weighted by Crippen LogP contribution is 2.28. The lowest BCUT2D eigenvalue weighted by Crippen LogP contribution is -2.58. The van der Waals surface area contributed by atoms with Gasteiger partial charge >= 0.3 is 0 Å². The van der Waals surface area contributed by atoms with E-state index >= 15 is 0 Å². The van der Waals surface area contributed by atoms with Crippen molar-refractivity contribution in [2.75, 3.05) is 26.7 Å². The van der Waals surface area contributed by atoms with Crippen LogP contribution in [0, 0.1) is 16.7 Å². The van der Waals surface area contributed by atoms with Gasteiger partial charge in [0.15, 0.2) is 0 Å². The first kappa shape index (κ1) is 21.0. The Morgan fingerprint density at radius 3 is 2.74 bits per heavy atom. The minimum absolute atomic E-state index is 0.00388. The maximum absolute atomic E-state index is 12.8. The van der Waals surface area contributed by atoms with E-state index in [0.29, 0.717) is 36.0 Å². The number of amides is 1. The van der Waals surface area contributed by atoms with Crippen molar-refractivity contribution in [3.05, 3.63) is 59.1 Å². The molecule has 0 radical (unpaired) electrons. The molecule has 2 atom stereocenters. The molecule has 1 aromatic heterocycles. The molecule has 1 fully saturated rings. The second-order valence-electron chi connectivity index (χ2n) is 7.50. The van der Waals surface area contributed by atoms with Gasteiger partial charge < -0.3 is 9.64 Å². The second kappa shape index (κ2) is 8.84. The number of hydrogen-bond acceptors (Lipinski definition) is 7. The molecule has 2 aromatic carbocycles. The lowest BCUT2D eigenvalue weighted by atomic mass is 10.1. The summed E-state index contributed by atoms with van der Waals surface area (Å²) >= 11 is 1.40. The number of nitrogens with zero attached hydrogens (tertiary/aromatic N) is 4. The molecular weight excluding hydrogens is 410 g/mol. The van der Waals surface area contributed by atoms with E-state index in [1.807, 2.05) is 65.3 Å². The van der Waals surface area contributed by atoms with Gasteiger partial charge in [0.1, 0.15) is 16.8 Å². The van der Waals surface area contributed by atoms with E-state index < -0.39 is 6.04 Å². The summed E-state index contributed by atoms with van der Waals surface area (Å²) in [4.78, 5) is 21.2.